The van der Waals surface area contributed by atoms with Crippen LogP contribution in [-0.2, 0) is 4.74 Å². The van der Waals surface area contributed by atoms with Gasteiger partial charge in [-0.15, -0.1) is 0 Å². The zero-order valence-electron chi connectivity index (χ0n) is 13.9. The fourth-order valence-electron chi connectivity index (χ4n) is 2.50. The smallest absolute Gasteiger partial charge is 0.410 e. The lowest BCUT2D eigenvalue weighted by atomic mass is 10.0. The van der Waals surface area contributed by atoms with E-state index in [2.05, 4.69) is 9.88 Å². The molecule has 23 heavy (non-hydrogen) atoms. The summed E-state index contributed by atoms with van der Waals surface area (Å²) in [7, 11) is 1.97. The van der Waals surface area contributed by atoms with E-state index >= 15 is 0 Å². The van der Waals surface area contributed by atoms with Crippen molar-refractivity contribution in [1.29, 1.82) is 0 Å². The van der Waals surface area contributed by atoms with Gasteiger partial charge in [-0.05, 0) is 39.4 Å². The predicted octanol–water partition coefficient (Wildman–Crippen LogP) is 2.00. The molecule has 0 bridgehead atoms. The number of nitrogens with zero attached hydrogens (tertiary/aromatic N) is 3. The van der Waals surface area contributed by atoms with E-state index in [1.807, 2.05) is 27.8 Å². The molecule has 1 saturated heterocycles. The average Bonchev–Trinajstić information content (AvgIpc) is 2.45. The first-order valence-electron chi connectivity index (χ1n) is 7.54. The number of carbonyl (C=O) groups excluding carboxylic acids is 1. The van der Waals surface area contributed by atoms with Gasteiger partial charge in [0.1, 0.15) is 5.60 Å². The topological polar surface area (TPSA) is 83.0 Å². The van der Waals surface area contributed by atoms with Crippen molar-refractivity contribution in [3.8, 4) is 0 Å². The van der Waals surface area contributed by atoms with Crippen molar-refractivity contribution >= 4 is 12.1 Å². The highest BCUT2D eigenvalue weighted by molar-refractivity contribution is 5.87. The largest absolute Gasteiger partial charge is 0.478 e. The lowest BCUT2D eigenvalue weighted by Crippen LogP contribution is -2.50. The molecular formula is C16H23N3O4. The number of likely N-dealkylation sites (N-methyl/N-ethyl adjacent to an activating group) is 1. The maximum Gasteiger partial charge on any atom is 0.410 e. The minimum atomic E-state index is -1.03. The SMILES string of the molecule is CN1CCN(C(=O)OC(C)(C)C)C(c2cncc(C(=O)O)c2)C1. The summed E-state index contributed by atoms with van der Waals surface area (Å²) in [5, 5.41) is 9.13. The number of hydrogen-bond donors (Lipinski definition) is 1. The van der Waals surface area contributed by atoms with Crippen LogP contribution in [0.25, 0.3) is 0 Å². The highest BCUT2D eigenvalue weighted by Gasteiger charge is 2.33. The van der Waals surface area contributed by atoms with Gasteiger partial charge in [0.05, 0.1) is 11.6 Å². The van der Waals surface area contributed by atoms with Gasteiger partial charge in [-0.2, -0.15) is 0 Å². The van der Waals surface area contributed by atoms with E-state index in [4.69, 9.17) is 9.84 Å². The maximum atomic E-state index is 12.5. The molecule has 1 unspecified atom stereocenters. The Balaban J connectivity index is 2.29. The van der Waals surface area contributed by atoms with Gasteiger partial charge < -0.3 is 14.7 Å². The van der Waals surface area contributed by atoms with E-state index in [1.165, 1.54) is 6.20 Å². The molecule has 1 aromatic heterocycles. The molecule has 1 aliphatic heterocycles. The summed E-state index contributed by atoms with van der Waals surface area (Å²) < 4.78 is 5.47. The van der Waals surface area contributed by atoms with Gasteiger partial charge in [-0.25, -0.2) is 9.59 Å². The molecule has 0 aromatic carbocycles. The number of amides is 1. The Morgan fingerprint density at radius 2 is 2.00 bits per heavy atom. The van der Waals surface area contributed by atoms with Crippen molar-refractivity contribution in [2.45, 2.75) is 32.4 Å². The minimum absolute atomic E-state index is 0.111. The normalized spacial score (nSPS) is 19.5. The fourth-order valence-corrected chi connectivity index (χ4v) is 2.50. The molecule has 1 aliphatic rings. The summed E-state index contributed by atoms with van der Waals surface area (Å²) in [6, 6.07) is 1.28. The first-order chi connectivity index (χ1) is 10.7. The molecule has 7 heteroatoms. The summed E-state index contributed by atoms with van der Waals surface area (Å²) >= 11 is 0. The second-order valence-corrected chi connectivity index (χ2v) is 6.76. The van der Waals surface area contributed by atoms with Crippen LogP contribution in [0, 0.1) is 0 Å². The van der Waals surface area contributed by atoms with Gasteiger partial charge in [0.2, 0.25) is 0 Å². The standard InChI is InChI=1S/C16H23N3O4/c1-16(2,3)23-15(22)19-6-5-18(4)10-13(19)11-7-12(14(20)21)9-17-8-11/h7-9,13H,5-6,10H2,1-4H3,(H,20,21). The minimum Gasteiger partial charge on any atom is -0.478 e. The van der Waals surface area contributed by atoms with Gasteiger partial charge >= 0.3 is 12.1 Å². The molecule has 0 spiro atoms. The van der Waals surface area contributed by atoms with Crippen molar-refractivity contribution in [2.75, 3.05) is 26.7 Å². The Morgan fingerprint density at radius 1 is 1.30 bits per heavy atom. The van der Waals surface area contributed by atoms with Crippen molar-refractivity contribution in [3.05, 3.63) is 29.6 Å². The van der Waals surface area contributed by atoms with Crippen molar-refractivity contribution in [1.82, 2.24) is 14.8 Å². The van der Waals surface area contributed by atoms with E-state index in [1.54, 1.807) is 17.2 Å². The van der Waals surface area contributed by atoms with Crippen LogP contribution in [0.2, 0.25) is 0 Å². The molecule has 0 radical (unpaired) electrons. The van der Waals surface area contributed by atoms with Crippen LogP contribution >= 0.6 is 0 Å². The Bertz CT molecular complexity index is 597. The molecule has 1 amide bonds. The van der Waals surface area contributed by atoms with Gasteiger partial charge in [0.25, 0.3) is 0 Å². The first kappa shape index (κ1) is 17.2. The number of carbonyl (C=O) groups is 2. The number of hydrogen-bond acceptors (Lipinski definition) is 5. The van der Waals surface area contributed by atoms with Crippen LogP contribution in [0.5, 0.6) is 0 Å². The Morgan fingerprint density at radius 3 is 2.61 bits per heavy atom. The number of piperazine rings is 1. The van der Waals surface area contributed by atoms with Gasteiger partial charge in [-0.1, -0.05) is 0 Å². The van der Waals surface area contributed by atoms with E-state index in [-0.39, 0.29) is 11.6 Å². The highest BCUT2D eigenvalue weighted by Crippen LogP contribution is 2.27. The van der Waals surface area contributed by atoms with E-state index in [0.717, 1.165) is 6.54 Å². The van der Waals surface area contributed by atoms with Crippen LogP contribution in [-0.4, -0.2) is 64.2 Å². The summed E-state index contributed by atoms with van der Waals surface area (Å²) in [5.74, 6) is -1.03. The molecule has 0 aliphatic carbocycles. The summed E-state index contributed by atoms with van der Waals surface area (Å²) in [4.78, 5) is 31.4. The van der Waals surface area contributed by atoms with Gasteiger partial charge in [0, 0.05) is 32.0 Å². The number of rotatable bonds is 2. The number of aromatic nitrogens is 1. The molecule has 1 aromatic rings. The van der Waals surface area contributed by atoms with Crippen molar-refractivity contribution < 1.29 is 19.4 Å². The summed E-state index contributed by atoms with van der Waals surface area (Å²) in [6.07, 6.45) is 2.51. The molecule has 1 N–H and O–H groups in total. The molecule has 2 rings (SSSR count). The highest BCUT2D eigenvalue weighted by atomic mass is 16.6. The van der Waals surface area contributed by atoms with E-state index in [0.29, 0.717) is 18.7 Å². The molecule has 1 atom stereocenters. The van der Waals surface area contributed by atoms with Crippen LogP contribution in [0.3, 0.4) is 0 Å². The zero-order chi connectivity index (χ0) is 17.2. The second-order valence-electron chi connectivity index (χ2n) is 6.76. The van der Waals surface area contributed by atoms with Crippen LogP contribution in [0.4, 0.5) is 4.79 Å². The quantitative estimate of drug-likeness (QED) is 0.897. The van der Waals surface area contributed by atoms with Crippen LogP contribution in [0.15, 0.2) is 18.5 Å². The molecule has 2 heterocycles. The van der Waals surface area contributed by atoms with Crippen LogP contribution < -0.4 is 0 Å². The number of aromatic carboxylic acids is 1. The predicted molar refractivity (Wildman–Crippen MR) is 84.4 cm³/mol. The Kier molecular flexibility index (Phi) is 4.89. The summed E-state index contributed by atoms with van der Waals surface area (Å²) in [5.41, 5.74) is 0.230. The van der Waals surface area contributed by atoms with Crippen molar-refractivity contribution in [3.63, 3.8) is 0 Å². The third-order valence-electron chi connectivity index (χ3n) is 3.60. The number of pyridine rings is 1. The maximum absolute atomic E-state index is 12.5. The second kappa shape index (κ2) is 6.54. The molecule has 126 valence electrons. The zero-order valence-corrected chi connectivity index (χ0v) is 13.9. The number of ether oxygens (including phenoxy) is 1. The number of carboxylic acid groups (broad SMARTS) is 1. The lowest BCUT2D eigenvalue weighted by Gasteiger charge is -2.40. The van der Waals surface area contributed by atoms with Gasteiger partial charge in [-0.3, -0.25) is 9.88 Å². The molecular weight excluding hydrogens is 298 g/mol. The van der Waals surface area contributed by atoms with Crippen molar-refractivity contribution in [2.24, 2.45) is 0 Å². The molecule has 0 saturated carbocycles. The van der Waals surface area contributed by atoms with E-state index in [9.17, 15) is 9.59 Å². The Labute approximate surface area is 135 Å². The number of carboxylic acids is 1. The Hall–Kier alpha value is -2.15. The van der Waals surface area contributed by atoms with E-state index < -0.39 is 17.7 Å². The third-order valence-corrected chi connectivity index (χ3v) is 3.60. The average molecular weight is 321 g/mol. The third kappa shape index (κ3) is 4.41. The fraction of sp³-hybridized carbons (Fsp3) is 0.562. The van der Waals surface area contributed by atoms with Crippen LogP contribution in [0.1, 0.15) is 42.7 Å². The van der Waals surface area contributed by atoms with Gasteiger partial charge in [0.15, 0.2) is 0 Å². The first-order valence-corrected chi connectivity index (χ1v) is 7.54. The summed E-state index contributed by atoms with van der Waals surface area (Å²) in [6.45, 7) is 7.33. The monoisotopic (exact) mass is 321 g/mol. The molecule has 1 fully saturated rings. The molecule has 7 nitrogen and oxygen atoms in total. The lowest BCUT2D eigenvalue weighted by molar-refractivity contribution is 0.00102.